The van der Waals surface area contributed by atoms with Crippen LogP contribution in [0, 0.1) is 16.7 Å². The number of carbonyl (C=O) groups excluding carboxylic acids is 1. The normalized spacial score (nSPS) is 38.4. The van der Waals surface area contributed by atoms with Crippen molar-refractivity contribution in [3.63, 3.8) is 0 Å². The van der Waals surface area contributed by atoms with E-state index in [2.05, 4.69) is 104 Å². The second kappa shape index (κ2) is 12.3. The average molecular weight is 626 g/mol. The van der Waals surface area contributed by atoms with Crippen molar-refractivity contribution < 1.29 is 9.28 Å². The van der Waals surface area contributed by atoms with Gasteiger partial charge < -0.3 is 14.7 Å². The number of benzene rings is 2. The molecule has 46 heavy (non-hydrogen) atoms. The molecule has 1 amide bonds. The van der Waals surface area contributed by atoms with Crippen molar-refractivity contribution in [2.45, 2.75) is 107 Å². The number of hydrogen-bond acceptors (Lipinski definition) is 3. The zero-order valence-electron chi connectivity index (χ0n) is 29.4. The van der Waals surface area contributed by atoms with Crippen LogP contribution in [0.1, 0.15) is 94.6 Å². The van der Waals surface area contributed by atoms with Gasteiger partial charge in [0.1, 0.15) is 11.5 Å². The van der Waals surface area contributed by atoms with E-state index < -0.39 is 0 Å². The quantitative estimate of drug-likeness (QED) is 0.321. The van der Waals surface area contributed by atoms with Gasteiger partial charge in [-0.25, -0.2) is 0 Å². The molecule has 4 unspecified atom stereocenters. The van der Waals surface area contributed by atoms with Crippen LogP contribution < -0.4 is 5.32 Å². The minimum Gasteiger partial charge on any atom is -0.355 e. The lowest BCUT2D eigenvalue weighted by Gasteiger charge is -2.58. The average Bonchev–Trinajstić information content (AvgIpc) is 3.80. The van der Waals surface area contributed by atoms with Crippen LogP contribution in [-0.4, -0.2) is 86.1 Å². The molecule has 2 saturated heterocycles. The maximum absolute atomic E-state index is 14.2. The van der Waals surface area contributed by atoms with Crippen molar-refractivity contribution in [3.05, 3.63) is 71.8 Å². The van der Waals surface area contributed by atoms with Crippen molar-refractivity contribution in [1.29, 1.82) is 0 Å². The highest BCUT2D eigenvalue weighted by Crippen LogP contribution is 2.59. The van der Waals surface area contributed by atoms with Crippen LogP contribution in [0.4, 0.5) is 0 Å². The van der Waals surface area contributed by atoms with Crippen LogP contribution in [-0.2, 0) is 16.8 Å². The van der Waals surface area contributed by atoms with Gasteiger partial charge in [-0.1, -0.05) is 73.5 Å². The van der Waals surface area contributed by atoms with Crippen molar-refractivity contribution in [2.24, 2.45) is 16.7 Å². The van der Waals surface area contributed by atoms with Crippen LogP contribution in [0.2, 0.25) is 0 Å². The first kappa shape index (κ1) is 32.3. The first-order valence-corrected chi connectivity index (χ1v) is 18.7. The van der Waals surface area contributed by atoms with E-state index in [1.165, 1.54) is 93.0 Å². The van der Waals surface area contributed by atoms with E-state index in [4.69, 9.17) is 0 Å². The molecular formula is C41H61N4O+. The van der Waals surface area contributed by atoms with Crippen molar-refractivity contribution in [1.82, 2.24) is 15.1 Å². The lowest BCUT2D eigenvalue weighted by molar-refractivity contribution is -0.953. The minimum atomic E-state index is -0.228. The molecule has 0 radical (unpaired) electrons. The Morgan fingerprint density at radius 3 is 2.07 bits per heavy atom. The number of nitrogens with one attached hydrogen (secondary N) is 1. The number of carbonyl (C=O) groups is 1. The van der Waals surface area contributed by atoms with Gasteiger partial charge in [-0.15, -0.1) is 0 Å². The molecule has 5 nitrogen and oxygen atoms in total. The Balaban J connectivity index is 1.24. The highest BCUT2D eigenvalue weighted by molar-refractivity contribution is 5.85. The standard InChI is InChI=1S/C41H60N4O/c1-43(2)39(29-33-13-7-5-8-14-33)21-19-38(20-22-39)26-28-45(32-38,31-34-15-11-12-16-34)36-30-41(44(3)4,35-17-9-6-10-18-35)24-23-40(36)25-27-42-37(40)46/h5-10,13-14,17-18,34,36H,11-12,15-16,19-32H2,1-4H3/p+1. The van der Waals surface area contributed by atoms with Crippen molar-refractivity contribution >= 4 is 5.91 Å². The maximum Gasteiger partial charge on any atom is 0.232 e. The Bertz CT molecular complexity index is 1350. The van der Waals surface area contributed by atoms with E-state index >= 15 is 0 Å². The van der Waals surface area contributed by atoms with Crippen molar-refractivity contribution in [2.75, 3.05) is 54.4 Å². The number of likely N-dealkylation sites (N-methyl/N-ethyl adjacent to an activating group) is 1. The Kier molecular flexibility index (Phi) is 8.68. The molecule has 5 aliphatic rings. The minimum absolute atomic E-state index is 0.0287. The Morgan fingerprint density at radius 1 is 0.783 bits per heavy atom. The molecule has 3 saturated carbocycles. The number of amides is 1. The van der Waals surface area contributed by atoms with Gasteiger partial charge in [0.15, 0.2) is 0 Å². The third-order valence-corrected chi connectivity index (χ3v) is 14.7. The molecule has 2 aliphatic heterocycles. The number of hydrogen-bond donors (Lipinski definition) is 1. The van der Waals surface area contributed by atoms with Crippen LogP contribution >= 0.6 is 0 Å². The van der Waals surface area contributed by atoms with Gasteiger partial charge in [-0.2, -0.15) is 0 Å². The number of quaternary nitrogens is 1. The van der Waals surface area contributed by atoms with Crippen LogP contribution in [0.5, 0.6) is 0 Å². The van der Waals surface area contributed by atoms with Gasteiger partial charge in [0, 0.05) is 36.3 Å². The van der Waals surface area contributed by atoms with E-state index in [0.717, 1.165) is 44.6 Å². The van der Waals surface area contributed by atoms with Gasteiger partial charge in [0.25, 0.3) is 0 Å². The summed E-state index contributed by atoms with van der Waals surface area (Å²) in [5.74, 6) is 1.19. The fourth-order valence-corrected chi connectivity index (χ4v) is 11.8. The van der Waals surface area contributed by atoms with E-state index in [-0.39, 0.29) is 16.5 Å². The SMILES string of the molecule is CN(C)C1(Cc2ccccc2)CCC2(CC1)CC[N+](CC1CCCC1)(C1CC(c3ccccc3)(N(C)C)CCC13CCNC3=O)C2. The van der Waals surface area contributed by atoms with Gasteiger partial charge in [-0.3, -0.25) is 9.69 Å². The summed E-state index contributed by atoms with van der Waals surface area (Å²) in [6.07, 6.45) is 17.4. The number of nitrogens with zero attached hydrogens (tertiary/aromatic N) is 3. The molecule has 3 aliphatic carbocycles. The third kappa shape index (κ3) is 5.47. The Hall–Kier alpha value is -2.21. The fraction of sp³-hybridized carbons (Fsp3) is 0.683. The second-order valence-electron chi connectivity index (χ2n) is 17.1. The monoisotopic (exact) mass is 625 g/mol. The first-order chi connectivity index (χ1) is 22.2. The molecule has 5 heteroatoms. The number of rotatable bonds is 8. The van der Waals surface area contributed by atoms with Crippen LogP contribution in [0.3, 0.4) is 0 Å². The summed E-state index contributed by atoms with van der Waals surface area (Å²) in [4.78, 5) is 19.3. The Morgan fingerprint density at radius 2 is 1.46 bits per heavy atom. The van der Waals surface area contributed by atoms with E-state index in [1.54, 1.807) is 0 Å². The summed E-state index contributed by atoms with van der Waals surface area (Å²) in [6, 6.07) is 22.9. The summed E-state index contributed by atoms with van der Waals surface area (Å²) < 4.78 is 1.20. The first-order valence-electron chi connectivity index (χ1n) is 18.7. The largest absolute Gasteiger partial charge is 0.355 e. The lowest BCUT2D eigenvalue weighted by atomic mass is 9.59. The molecule has 0 bridgehead atoms. The molecule has 7 rings (SSSR count). The smallest absolute Gasteiger partial charge is 0.232 e. The summed E-state index contributed by atoms with van der Waals surface area (Å²) in [6.45, 7) is 4.70. The van der Waals surface area contributed by atoms with E-state index in [0.29, 0.717) is 17.4 Å². The molecule has 2 aromatic rings. The lowest BCUT2D eigenvalue weighted by Crippen LogP contribution is -2.69. The van der Waals surface area contributed by atoms with E-state index in [9.17, 15) is 4.79 Å². The highest BCUT2D eigenvalue weighted by Gasteiger charge is 2.66. The van der Waals surface area contributed by atoms with Gasteiger partial charge in [0.05, 0.1) is 25.2 Å². The summed E-state index contributed by atoms with van der Waals surface area (Å²) in [5, 5.41) is 3.39. The predicted molar refractivity (Wildman–Crippen MR) is 188 cm³/mol. The summed E-state index contributed by atoms with van der Waals surface area (Å²) >= 11 is 0. The molecule has 2 spiro atoms. The molecule has 250 valence electrons. The van der Waals surface area contributed by atoms with Crippen molar-refractivity contribution in [3.8, 4) is 0 Å². The third-order valence-electron chi connectivity index (χ3n) is 14.7. The molecule has 5 fully saturated rings. The predicted octanol–water partition coefficient (Wildman–Crippen LogP) is 7.02. The fourth-order valence-electron chi connectivity index (χ4n) is 11.8. The second-order valence-corrected chi connectivity index (χ2v) is 17.1. The molecule has 2 heterocycles. The molecule has 4 atom stereocenters. The summed E-state index contributed by atoms with van der Waals surface area (Å²) in [5.41, 5.74) is 3.30. The molecule has 0 aromatic heterocycles. The topological polar surface area (TPSA) is 35.6 Å². The zero-order valence-corrected chi connectivity index (χ0v) is 29.4. The number of likely N-dealkylation sites (tertiary alicyclic amines) is 1. The summed E-state index contributed by atoms with van der Waals surface area (Å²) in [7, 11) is 9.26. The molecular weight excluding hydrogens is 564 g/mol. The van der Waals surface area contributed by atoms with Gasteiger partial charge in [0.2, 0.25) is 5.91 Å². The van der Waals surface area contributed by atoms with E-state index in [1.807, 2.05) is 0 Å². The molecule has 2 aromatic carbocycles. The van der Waals surface area contributed by atoms with Crippen LogP contribution in [0.15, 0.2) is 60.7 Å². The van der Waals surface area contributed by atoms with Gasteiger partial charge >= 0.3 is 0 Å². The van der Waals surface area contributed by atoms with Crippen LogP contribution in [0.25, 0.3) is 0 Å². The Labute approximate surface area is 279 Å². The van der Waals surface area contributed by atoms with Gasteiger partial charge in [-0.05, 0) is 104 Å². The highest BCUT2D eigenvalue weighted by atomic mass is 16.2. The molecule has 1 N–H and O–H groups in total. The maximum atomic E-state index is 14.2. The zero-order chi connectivity index (χ0) is 32.0.